The van der Waals surface area contributed by atoms with Crippen LogP contribution >= 0.6 is 0 Å². The van der Waals surface area contributed by atoms with Gasteiger partial charge in [0, 0.05) is 49.6 Å². The standard InChI is InChI=1S/C17H21N7O2/c18-16-19-8-11(9-20-16)14-13-7-12-10-26-6-3-24(12)15(13)22-17(21-14)23-1-4-25-5-2-23/h8-9,12H,1-7,10H2,(H2,18,19,20)/t12-/m1/s1. The van der Waals surface area contributed by atoms with Crippen molar-refractivity contribution in [3.8, 4) is 11.3 Å². The van der Waals surface area contributed by atoms with E-state index in [2.05, 4.69) is 19.8 Å². The summed E-state index contributed by atoms with van der Waals surface area (Å²) in [5.41, 5.74) is 8.57. The summed E-state index contributed by atoms with van der Waals surface area (Å²) in [5.74, 6) is 2.02. The van der Waals surface area contributed by atoms with Crippen molar-refractivity contribution < 1.29 is 9.47 Å². The average molecular weight is 355 g/mol. The minimum absolute atomic E-state index is 0.263. The zero-order valence-corrected chi connectivity index (χ0v) is 14.5. The molecule has 9 nitrogen and oxygen atoms in total. The van der Waals surface area contributed by atoms with E-state index in [0.29, 0.717) is 19.3 Å². The molecule has 1 atom stereocenters. The maximum absolute atomic E-state index is 5.66. The number of nitrogens with zero attached hydrogens (tertiary/aromatic N) is 6. The Morgan fingerprint density at radius 1 is 1.00 bits per heavy atom. The molecular weight excluding hydrogens is 334 g/mol. The number of nitrogens with two attached hydrogens (primary N) is 1. The van der Waals surface area contributed by atoms with Crippen LogP contribution in [0.4, 0.5) is 17.7 Å². The fourth-order valence-electron chi connectivity index (χ4n) is 3.83. The Morgan fingerprint density at radius 3 is 2.58 bits per heavy atom. The second-order valence-corrected chi connectivity index (χ2v) is 6.73. The number of rotatable bonds is 2. The highest BCUT2D eigenvalue weighted by Gasteiger charge is 2.36. The fourth-order valence-corrected chi connectivity index (χ4v) is 3.83. The lowest BCUT2D eigenvalue weighted by molar-refractivity contribution is 0.0974. The molecule has 26 heavy (non-hydrogen) atoms. The van der Waals surface area contributed by atoms with Crippen molar-refractivity contribution in [3.05, 3.63) is 18.0 Å². The van der Waals surface area contributed by atoms with E-state index in [1.807, 2.05) is 0 Å². The number of fused-ring (bicyclic) bond motifs is 3. The summed E-state index contributed by atoms with van der Waals surface area (Å²) in [7, 11) is 0. The van der Waals surface area contributed by atoms with Crippen LogP contribution in [0.25, 0.3) is 11.3 Å². The van der Waals surface area contributed by atoms with Crippen LogP contribution in [0.5, 0.6) is 0 Å². The molecule has 3 aliphatic heterocycles. The average Bonchev–Trinajstić information content (AvgIpc) is 3.07. The zero-order chi connectivity index (χ0) is 17.5. The van der Waals surface area contributed by atoms with Gasteiger partial charge in [-0.25, -0.2) is 15.0 Å². The van der Waals surface area contributed by atoms with Crippen molar-refractivity contribution in [2.24, 2.45) is 0 Å². The van der Waals surface area contributed by atoms with E-state index in [1.54, 1.807) is 12.4 Å². The molecule has 9 heteroatoms. The first kappa shape index (κ1) is 15.7. The molecule has 5 rings (SSSR count). The van der Waals surface area contributed by atoms with Crippen LogP contribution < -0.4 is 15.5 Å². The number of aromatic nitrogens is 4. The molecule has 2 aromatic rings. The van der Waals surface area contributed by atoms with Gasteiger partial charge in [0.1, 0.15) is 5.82 Å². The Labute approximate surface area is 151 Å². The smallest absolute Gasteiger partial charge is 0.228 e. The van der Waals surface area contributed by atoms with Crippen LogP contribution in [-0.4, -0.2) is 72.0 Å². The topological polar surface area (TPSA) is 103 Å². The van der Waals surface area contributed by atoms with E-state index in [-0.39, 0.29) is 5.95 Å². The summed E-state index contributed by atoms with van der Waals surface area (Å²) in [4.78, 5) is 22.7. The number of anilines is 3. The van der Waals surface area contributed by atoms with Crippen LogP contribution in [-0.2, 0) is 15.9 Å². The molecule has 3 aliphatic rings. The van der Waals surface area contributed by atoms with Crippen molar-refractivity contribution in [3.63, 3.8) is 0 Å². The Morgan fingerprint density at radius 2 is 1.77 bits per heavy atom. The van der Waals surface area contributed by atoms with Crippen molar-refractivity contribution >= 4 is 17.7 Å². The minimum atomic E-state index is 0.263. The number of ether oxygens (including phenoxy) is 2. The Bertz CT molecular complexity index is 808. The summed E-state index contributed by atoms with van der Waals surface area (Å²) < 4.78 is 11.1. The van der Waals surface area contributed by atoms with Crippen molar-refractivity contribution in [2.75, 3.05) is 61.6 Å². The highest BCUT2D eigenvalue weighted by molar-refractivity contribution is 5.73. The Hall–Kier alpha value is -2.52. The van der Waals surface area contributed by atoms with Crippen LogP contribution in [0.15, 0.2) is 12.4 Å². The van der Waals surface area contributed by atoms with Crippen LogP contribution in [0.3, 0.4) is 0 Å². The van der Waals surface area contributed by atoms with Crippen LogP contribution in [0.1, 0.15) is 5.56 Å². The number of nitrogen functional groups attached to an aromatic ring is 1. The second-order valence-electron chi connectivity index (χ2n) is 6.73. The minimum Gasteiger partial charge on any atom is -0.378 e. The van der Waals surface area contributed by atoms with Gasteiger partial charge >= 0.3 is 0 Å². The maximum Gasteiger partial charge on any atom is 0.228 e. The molecule has 2 N–H and O–H groups in total. The van der Waals surface area contributed by atoms with Gasteiger partial charge in [-0.2, -0.15) is 4.98 Å². The fraction of sp³-hybridized carbons (Fsp3) is 0.529. The summed E-state index contributed by atoms with van der Waals surface area (Å²) in [6.45, 7) is 5.29. The van der Waals surface area contributed by atoms with Gasteiger partial charge < -0.3 is 25.0 Å². The normalized spacial score (nSPS) is 22.2. The van der Waals surface area contributed by atoms with Gasteiger partial charge in [-0.1, -0.05) is 0 Å². The zero-order valence-electron chi connectivity index (χ0n) is 14.5. The molecule has 0 aromatic carbocycles. The van der Waals surface area contributed by atoms with Crippen molar-refractivity contribution in [1.29, 1.82) is 0 Å². The molecule has 0 aliphatic carbocycles. The highest BCUT2D eigenvalue weighted by Crippen LogP contribution is 2.38. The van der Waals surface area contributed by atoms with Crippen LogP contribution in [0, 0.1) is 0 Å². The van der Waals surface area contributed by atoms with Gasteiger partial charge in [-0.05, 0) is 0 Å². The second kappa shape index (κ2) is 6.33. The van der Waals surface area contributed by atoms with E-state index in [9.17, 15) is 0 Å². The Balaban J connectivity index is 1.62. The summed E-state index contributed by atoms with van der Waals surface area (Å²) in [6.07, 6.45) is 4.35. The number of morpholine rings is 2. The summed E-state index contributed by atoms with van der Waals surface area (Å²) >= 11 is 0. The molecular formula is C17H21N7O2. The van der Waals surface area contributed by atoms with Gasteiger partial charge in [0.25, 0.3) is 0 Å². The third-order valence-electron chi connectivity index (χ3n) is 5.15. The van der Waals surface area contributed by atoms with Crippen molar-refractivity contribution in [2.45, 2.75) is 12.5 Å². The third-order valence-corrected chi connectivity index (χ3v) is 5.15. The molecule has 0 unspecified atom stereocenters. The first-order valence-corrected chi connectivity index (χ1v) is 8.95. The molecule has 2 saturated heterocycles. The van der Waals surface area contributed by atoms with Gasteiger partial charge in [-0.3, -0.25) is 0 Å². The predicted molar refractivity (Wildman–Crippen MR) is 96.2 cm³/mol. The predicted octanol–water partition coefficient (Wildman–Crippen LogP) is 0.114. The van der Waals surface area contributed by atoms with Crippen molar-refractivity contribution in [1.82, 2.24) is 19.9 Å². The monoisotopic (exact) mass is 355 g/mol. The molecule has 136 valence electrons. The number of hydrogen-bond donors (Lipinski definition) is 1. The quantitative estimate of drug-likeness (QED) is 0.804. The van der Waals surface area contributed by atoms with E-state index >= 15 is 0 Å². The third kappa shape index (κ3) is 2.63. The first-order chi connectivity index (χ1) is 12.8. The molecule has 0 radical (unpaired) electrons. The summed E-state index contributed by atoms with van der Waals surface area (Å²) in [5, 5.41) is 0. The molecule has 0 bridgehead atoms. The SMILES string of the molecule is Nc1ncc(-c2nc(N3CCOCC3)nc3c2C[C@@H]2COCCN32)cn1. The molecule has 2 aromatic heterocycles. The molecule has 2 fully saturated rings. The largest absolute Gasteiger partial charge is 0.378 e. The Kier molecular flexibility index (Phi) is 3.83. The summed E-state index contributed by atoms with van der Waals surface area (Å²) in [6, 6.07) is 0.321. The molecule has 0 saturated carbocycles. The molecule has 5 heterocycles. The lowest BCUT2D eigenvalue weighted by Gasteiger charge is -2.32. The molecule has 0 amide bonds. The van der Waals surface area contributed by atoms with Gasteiger partial charge in [0.05, 0.1) is 38.2 Å². The van der Waals surface area contributed by atoms with Crippen LogP contribution in [0.2, 0.25) is 0 Å². The van der Waals surface area contributed by atoms with Gasteiger partial charge in [0.2, 0.25) is 11.9 Å². The van der Waals surface area contributed by atoms with Gasteiger partial charge in [-0.15, -0.1) is 0 Å². The highest BCUT2D eigenvalue weighted by atomic mass is 16.5. The molecule has 0 spiro atoms. The lowest BCUT2D eigenvalue weighted by atomic mass is 10.1. The first-order valence-electron chi connectivity index (χ1n) is 8.95. The lowest BCUT2D eigenvalue weighted by Crippen LogP contribution is -2.43. The van der Waals surface area contributed by atoms with E-state index in [4.69, 9.17) is 25.2 Å². The van der Waals surface area contributed by atoms with E-state index in [0.717, 1.165) is 67.9 Å². The number of hydrogen-bond acceptors (Lipinski definition) is 9. The van der Waals surface area contributed by atoms with Gasteiger partial charge in [0.15, 0.2) is 0 Å². The van der Waals surface area contributed by atoms with E-state index in [1.165, 1.54) is 0 Å². The maximum atomic E-state index is 5.66. The van der Waals surface area contributed by atoms with E-state index < -0.39 is 0 Å².